The molecule has 2 aromatic rings. The van der Waals surface area contributed by atoms with Crippen molar-refractivity contribution in [3.05, 3.63) is 63.5 Å². The highest BCUT2D eigenvalue weighted by atomic mass is 32.1. The molecule has 0 bridgehead atoms. The number of nitrogens with one attached hydrogen (secondary N) is 1. The molecule has 2 heterocycles. The molecule has 5 heteroatoms. The number of carbonyl (C=O) groups is 2. The van der Waals surface area contributed by atoms with Crippen LogP contribution in [0.3, 0.4) is 0 Å². The van der Waals surface area contributed by atoms with Crippen molar-refractivity contribution < 1.29 is 9.59 Å². The number of hydrogen-bond acceptors (Lipinski definition) is 3. The first-order valence-electron chi connectivity index (χ1n) is 6.56. The zero-order valence-corrected chi connectivity index (χ0v) is 12.3. The fourth-order valence-electron chi connectivity index (χ4n) is 2.12. The standard InChI is InChI=1S/C16H14N2O2S/c1-11-2-4-12(5-3-11)9-18-15(19)14(17-16(18)20)8-13-6-7-21-10-13/h2-8,10H,9H2,1H3,(H,17,20). The van der Waals surface area contributed by atoms with E-state index in [1.165, 1.54) is 4.90 Å². The van der Waals surface area contributed by atoms with Gasteiger partial charge in [-0.2, -0.15) is 11.3 Å². The van der Waals surface area contributed by atoms with Crippen molar-refractivity contribution in [2.24, 2.45) is 0 Å². The lowest BCUT2D eigenvalue weighted by atomic mass is 10.1. The SMILES string of the molecule is Cc1ccc(CN2C(=O)NC(=Cc3ccsc3)C2=O)cc1. The van der Waals surface area contributed by atoms with E-state index in [9.17, 15) is 9.59 Å². The molecule has 0 saturated carbocycles. The van der Waals surface area contributed by atoms with Crippen molar-refractivity contribution in [3.63, 3.8) is 0 Å². The lowest BCUT2D eigenvalue weighted by molar-refractivity contribution is -0.123. The van der Waals surface area contributed by atoms with Gasteiger partial charge in [0.25, 0.3) is 5.91 Å². The second-order valence-electron chi connectivity index (χ2n) is 4.92. The maximum absolute atomic E-state index is 12.3. The van der Waals surface area contributed by atoms with Crippen LogP contribution in [0.25, 0.3) is 6.08 Å². The van der Waals surface area contributed by atoms with Crippen LogP contribution in [0, 0.1) is 6.92 Å². The Kier molecular flexibility index (Phi) is 3.58. The van der Waals surface area contributed by atoms with Crippen molar-refractivity contribution in [1.82, 2.24) is 10.2 Å². The van der Waals surface area contributed by atoms with Gasteiger partial charge in [0.15, 0.2) is 0 Å². The molecule has 1 aromatic carbocycles. The number of thiophene rings is 1. The van der Waals surface area contributed by atoms with Gasteiger partial charge < -0.3 is 5.32 Å². The van der Waals surface area contributed by atoms with Crippen molar-refractivity contribution in [2.45, 2.75) is 13.5 Å². The van der Waals surface area contributed by atoms with Crippen molar-refractivity contribution in [2.75, 3.05) is 0 Å². The summed E-state index contributed by atoms with van der Waals surface area (Å²) in [6, 6.07) is 9.32. The summed E-state index contributed by atoms with van der Waals surface area (Å²) in [7, 11) is 0. The number of imide groups is 1. The largest absolute Gasteiger partial charge is 0.329 e. The second kappa shape index (κ2) is 5.54. The van der Waals surface area contributed by atoms with Gasteiger partial charge in [-0.25, -0.2) is 4.79 Å². The third-order valence-corrected chi connectivity index (χ3v) is 3.98. The molecular formula is C16H14N2O2S. The fraction of sp³-hybridized carbons (Fsp3) is 0.125. The number of urea groups is 1. The predicted molar refractivity (Wildman–Crippen MR) is 82.6 cm³/mol. The normalized spacial score (nSPS) is 16.6. The number of nitrogens with zero attached hydrogens (tertiary/aromatic N) is 1. The summed E-state index contributed by atoms with van der Waals surface area (Å²) in [5, 5.41) is 6.48. The summed E-state index contributed by atoms with van der Waals surface area (Å²) in [5.41, 5.74) is 3.32. The molecule has 3 rings (SSSR count). The summed E-state index contributed by atoms with van der Waals surface area (Å²) in [6.45, 7) is 2.28. The number of hydrogen-bond donors (Lipinski definition) is 1. The highest BCUT2D eigenvalue weighted by Gasteiger charge is 2.33. The van der Waals surface area contributed by atoms with Crippen LogP contribution in [0.1, 0.15) is 16.7 Å². The van der Waals surface area contributed by atoms with Crippen LogP contribution in [0.4, 0.5) is 4.79 Å². The van der Waals surface area contributed by atoms with Gasteiger partial charge in [-0.3, -0.25) is 9.69 Å². The maximum Gasteiger partial charge on any atom is 0.329 e. The average Bonchev–Trinajstić information content (AvgIpc) is 3.06. The Bertz CT molecular complexity index is 702. The minimum Gasteiger partial charge on any atom is -0.303 e. The number of amides is 3. The van der Waals surface area contributed by atoms with E-state index < -0.39 is 0 Å². The first-order valence-corrected chi connectivity index (χ1v) is 7.50. The molecule has 3 amide bonds. The van der Waals surface area contributed by atoms with Crippen LogP contribution in [0.2, 0.25) is 0 Å². The molecule has 1 aliphatic heterocycles. The summed E-state index contributed by atoms with van der Waals surface area (Å²) < 4.78 is 0. The van der Waals surface area contributed by atoms with E-state index in [0.717, 1.165) is 16.7 Å². The lowest BCUT2D eigenvalue weighted by Crippen LogP contribution is -2.30. The van der Waals surface area contributed by atoms with Gasteiger partial charge in [0.1, 0.15) is 5.70 Å². The number of aryl methyl sites for hydroxylation is 1. The molecular weight excluding hydrogens is 284 g/mol. The molecule has 0 atom stereocenters. The van der Waals surface area contributed by atoms with Crippen molar-refractivity contribution in [1.29, 1.82) is 0 Å². The number of rotatable bonds is 3. The summed E-state index contributed by atoms with van der Waals surface area (Å²) in [6.07, 6.45) is 1.70. The minimum atomic E-state index is -0.373. The number of benzene rings is 1. The van der Waals surface area contributed by atoms with Crippen LogP contribution in [-0.4, -0.2) is 16.8 Å². The Hall–Kier alpha value is -2.40. The summed E-state index contributed by atoms with van der Waals surface area (Å²) in [4.78, 5) is 25.5. The Balaban J connectivity index is 1.79. The van der Waals surface area contributed by atoms with Crippen LogP contribution in [0.5, 0.6) is 0 Å². The Morgan fingerprint density at radius 1 is 1.19 bits per heavy atom. The monoisotopic (exact) mass is 298 g/mol. The first-order chi connectivity index (χ1) is 10.1. The van der Waals surface area contributed by atoms with Gasteiger partial charge in [-0.05, 0) is 41.0 Å². The molecule has 21 heavy (non-hydrogen) atoms. The minimum absolute atomic E-state index is 0.284. The summed E-state index contributed by atoms with van der Waals surface area (Å²) >= 11 is 1.55. The molecule has 0 radical (unpaired) electrons. The molecule has 1 aromatic heterocycles. The Morgan fingerprint density at radius 2 is 1.95 bits per heavy atom. The molecule has 1 aliphatic rings. The van der Waals surface area contributed by atoms with Gasteiger partial charge in [-0.1, -0.05) is 29.8 Å². The highest BCUT2D eigenvalue weighted by Crippen LogP contribution is 2.18. The average molecular weight is 298 g/mol. The number of carbonyl (C=O) groups excluding carboxylic acids is 2. The van der Waals surface area contributed by atoms with E-state index in [2.05, 4.69) is 5.32 Å². The van der Waals surface area contributed by atoms with Gasteiger partial charge >= 0.3 is 6.03 Å². The molecule has 106 valence electrons. The second-order valence-corrected chi connectivity index (χ2v) is 5.70. The third-order valence-electron chi connectivity index (χ3n) is 3.28. The highest BCUT2D eigenvalue weighted by molar-refractivity contribution is 7.08. The summed E-state index contributed by atoms with van der Waals surface area (Å²) in [5.74, 6) is -0.285. The van der Waals surface area contributed by atoms with Gasteiger partial charge in [0, 0.05) is 0 Å². The third kappa shape index (κ3) is 2.87. The molecule has 0 unspecified atom stereocenters. The lowest BCUT2D eigenvalue weighted by Gasteiger charge is -2.11. The van der Waals surface area contributed by atoms with E-state index in [0.29, 0.717) is 5.70 Å². The molecule has 4 nitrogen and oxygen atoms in total. The molecule has 1 saturated heterocycles. The molecule has 0 aliphatic carbocycles. The van der Waals surface area contributed by atoms with E-state index in [-0.39, 0.29) is 18.5 Å². The molecule has 1 fully saturated rings. The predicted octanol–water partition coefficient (Wildman–Crippen LogP) is 3.15. The smallest absolute Gasteiger partial charge is 0.303 e. The molecule has 0 spiro atoms. The first kappa shape index (κ1) is 13.6. The van der Waals surface area contributed by atoms with Gasteiger partial charge in [-0.15, -0.1) is 0 Å². The van der Waals surface area contributed by atoms with Crippen molar-refractivity contribution in [3.8, 4) is 0 Å². The Labute approximate surface area is 126 Å². The van der Waals surface area contributed by atoms with Crippen LogP contribution < -0.4 is 5.32 Å². The topological polar surface area (TPSA) is 49.4 Å². The van der Waals surface area contributed by atoms with Crippen LogP contribution >= 0.6 is 11.3 Å². The zero-order chi connectivity index (χ0) is 14.8. The maximum atomic E-state index is 12.3. The molecule has 1 N–H and O–H groups in total. The van der Waals surface area contributed by atoms with Crippen LogP contribution in [-0.2, 0) is 11.3 Å². The van der Waals surface area contributed by atoms with Gasteiger partial charge in [0.05, 0.1) is 6.54 Å². The van der Waals surface area contributed by atoms with Crippen molar-refractivity contribution >= 4 is 29.4 Å². The quantitative estimate of drug-likeness (QED) is 0.699. The van der Waals surface area contributed by atoms with Gasteiger partial charge in [0.2, 0.25) is 0 Å². The van der Waals surface area contributed by atoms with Crippen LogP contribution in [0.15, 0.2) is 46.8 Å². The Morgan fingerprint density at radius 3 is 2.62 bits per heavy atom. The fourth-order valence-corrected chi connectivity index (χ4v) is 2.73. The zero-order valence-electron chi connectivity index (χ0n) is 11.5. The van der Waals surface area contributed by atoms with E-state index in [4.69, 9.17) is 0 Å². The van der Waals surface area contributed by atoms with E-state index in [1.807, 2.05) is 48.0 Å². The van der Waals surface area contributed by atoms with E-state index >= 15 is 0 Å². The van der Waals surface area contributed by atoms with E-state index in [1.54, 1.807) is 17.4 Å².